The third-order valence-electron chi connectivity index (χ3n) is 3.32. The highest BCUT2D eigenvalue weighted by molar-refractivity contribution is 6.33. The van der Waals surface area contributed by atoms with E-state index >= 15 is 0 Å². The van der Waals surface area contributed by atoms with Gasteiger partial charge in [-0.2, -0.15) is 0 Å². The Morgan fingerprint density at radius 3 is 2.18 bits per heavy atom. The number of aromatic nitrogens is 3. The topological polar surface area (TPSA) is 88.9 Å². The molecule has 148 valence electrons. The molecule has 7 nitrogen and oxygen atoms in total. The third kappa shape index (κ3) is 5.39. The number of anilines is 1. The number of rotatable bonds is 4. The second-order valence-corrected chi connectivity index (χ2v) is 6.03. The number of nitrogens with zero attached hydrogens (tertiary/aromatic N) is 3. The Balaban J connectivity index is 0.000000717. The van der Waals surface area contributed by atoms with Crippen LogP contribution in [0.5, 0.6) is 0 Å². The van der Waals surface area contributed by atoms with Crippen LogP contribution in [0.2, 0.25) is 10.0 Å². The standard InChI is InChI=1S/C16H12Cl2N4O.C2H7N.CH2O/c1-19-15-13(9-23)22(11-6-4-10(17)5-7-11)16(21-15)14-12(18)3-2-8-20-14;1-3-2;1-2/h2-9,19H,1H3;3H,1-2H3;1H2. The summed E-state index contributed by atoms with van der Waals surface area (Å²) in [5, 5.41) is 6.72. The molecule has 0 saturated heterocycles. The van der Waals surface area contributed by atoms with Crippen molar-refractivity contribution in [3.63, 3.8) is 0 Å². The molecule has 0 aliphatic carbocycles. The Hall–Kier alpha value is -2.74. The second kappa shape index (κ2) is 11.9. The SMILES string of the molecule is C=O.CNC.CNc1nc(-c2ncccc2Cl)n(-c2ccc(Cl)cc2)c1C=O. The number of carbonyl (C=O) groups is 2. The molecule has 0 saturated carbocycles. The summed E-state index contributed by atoms with van der Waals surface area (Å²) in [5.74, 6) is 0.927. The molecule has 2 aromatic heterocycles. The first kappa shape index (κ1) is 23.3. The zero-order chi connectivity index (χ0) is 21.1. The van der Waals surface area contributed by atoms with Crippen molar-refractivity contribution in [1.82, 2.24) is 19.9 Å². The molecule has 0 radical (unpaired) electrons. The summed E-state index contributed by atoms with van der Waals surface area (Å²) in [7, 11) is 5.45. The van der Waals surface area contributed by atoms with Crippen molar-refractivity contribution >= 4 is 42.1 Å². The Labute approximate surface area is 173 Å². The normalized spacial score (nSPS) is 9.46. The average molecular weight is 422 g/mol. The summed E-state index contributed by atoms with van der Waals surface area (Å²) in [4.78, 5) is 28.4. The third-order valence-corrected chi connectivity index (χ3v) is 3.87. The number of halogens is 2. The van der Waals surface area contributed by atoms with Crippen molar-refractivity contribution in [3.8, 4) is 17.2 Å². The molecule has 0 spiro atoms. The van der Waals surface area contributed by atoms with Gasteiger partial charge in [0.15, 0.2) is 17.9 Å². The molecule has 0 amide bonds. The summed E-state index contributed by atoms with van der Waals surface area (Å²) >= 11 is 12.2. The number of nitrogens with one attached hydrogen (secondary N) is 2. The lowest BCUT2D eigenvalue weighted by Crippen LogP contribution is -2.03. The van der Waals surface area contributed by atoms with E-state index in [0.717, 1.165) is 12.0 Å². The molecule has 1 aromatic carbocycles. The minimum Gasteiger partial charge on any atom is -0.371 e. The molecule has 3 aromatic rings. The highest BCUT2D eigenvalue weighted by Crippen LogP contribution is 2.31. The molecular formula is C19H21Cl2N5O2. The molecule has 2 N–H and O–H groups in total. The number of imidazole rings is 1. The van der Waals surface area contributed by atoms with Gasteiger partial charge in [-0.05, 0) is 50.5 Å². The van der Waals surface area contributed by atoms with E-state index in [0.29, 0.717) is 33.1 Å². The first-order chi connectivity index (χ1) is 13.6. The number of hydrogen-bond acceptors (Lipinski definition) is 6. The van der Waals surface area contributed by atoms with Crippen LogP contribution in [-0.4, -0.2) is 48.8 Å². The molecule has 2 heterocycles. The van der Waals surface area contributed by atoms with Crippen LogP contribution in [0.25, 0.3) is 17.2 Å². The lowest BCUT2D eigenvalue weighted by atomic mass is 10.2. The lowest BCUT2D eigenvalue weighted by molar-refractivity contribution is -0.0980. The average Bonchev–Trinajstić information content (AvgIpc) is 3.09. The first-order valence-electron chi connectivity index (χ1n) is 8.07. The van der Waals surface area contributed by atoms with E-state index in [2.05, 4.69) is 20.6 Å². The van der Waals surface area contributed by atoms with E-state index in [1.165, 1.54) is 0 Å². The molecule has 0 fully saturated rings. The first-order valence-corrected chi connectivity index (χ1v) is 8.82. The fraction of sp³-hybridized carbons (Fsp3) is 0.158. The number of benzene rings is 1. The smallest absolute Gasteiger partial charge is 0.170 e. The molecular weight excluding hydrogens is 401 g/mol. The summed E-state index contributed by atoms with van der Waals surface area (Å²) < 4.78 is 1.70. The van der Waals surface area contributed by atoms with Crippen molar-refractivity contribution in [2.75, 3.05) is 26.5 Å². The van der Waals surface area contributed by atoms with E-state index in [9.17, 15) is 4.79 Å². The van der Waals surface area contributed by atoms with Crippen molar-refractivity contribution in [2.24, 2.45) is 0 Å². The molecule has 9 heteroatoms. The second-order valence-electron chi connectivity index (χ2n) is 5.18. The van der Waals surface area contributed by atoms with Crippen molar-refractivity contribution < 1.29 is 9.59 Å². The summed E-state index contributed by atoms with van der Waals surface area (Å²) in [6.45, 7) is 2.00. The fourth-order valence-electron chi connectivity index (χ4n) is 2.29. The molecule has 0 aliphatic rings. The summed E-state index contributed by atoms with van der Waals surface area (Å²) in [6.07, 6.45) is 2.37. The predicted molar refractivity (Wildman–Crippen MR) is 114 cm³/mol. The minimum absolute atomic E-state index is 0.381. The van der Waals surface area contributed by atoms with Crippen molar-refractivity contribution in [1.29, 1.82) is 0 Å². The van der Waals surface area contributed by atoms with E-state index in [-0.39, 0.29) is 0 Å². The van der Waals surface area contributed by atoms with Crippen molar-refractivity contribution in [2.45, 2.75) is 0 Å². The van der Waals surface area contributed by atoms with Gasteiger partial charge >= 0.3 is 0 Å². The number of carbonyl (C=O) groups excluding carboxylic acids is 2. The van der Waals surface area contributed by atoms with Crippen LogP contribution in [0, 0.1) is 0 Å². The van der Waals surface area contributed by atoms with Gasteiger partial charge in [0.1, 0.15) is 18.2 Å². The van der Waals surface area contributed by atoms with Crippen LogP contribution in [0.1, 0.15) is 10.5 Å². The summed E-state index contributed by atoms with van der Waals surface area (Å²) in [5.41, 5.74) is 1.61. The van der Waals surface area contributed by atoms with Gasteiger partial charge in [0.2, 0.25) is 0 Å². The largest absolute Gasteiger partial charge is 0.371 e. The van der Waals surface area contributed by atoms with Crippen LogP contribution in [0.3, 0.4) is 0 Å². The molecule has 3 rings (SSSR count). The quantitative estimate of drug-likeness (QED) is 0.623. The van der Waals surface area contributed by atoms with Crippen LogP contribution in [0.4, 0.5) is 5.82 Å². The Morgan fingerprint density at radius 2 is 1.68 bits per heavy atom. The van der Waals surface area contributed by atoms with Gasteiger partial charge in [0.25, 0.3) is 0 Å². The highest BCUT2D eigenvalue weighted by atomic mass is 35.5. The molecule has 0 atom stereocenters. The van der Waals surface area contributed by atoms with Crippen LogP contribution in [0.15, 0.2) is 42.6 Å². The van der Waals surface area contributed by atoms with E-state index in [1.807, 2.05) is 20.9 Å². The van der Waals surface area contributed by atoms with Gasteiger partial charge in [-0.15, -0.1) is 0 Å². The monoisotopic (exact) mass is 421 g/mol. The van der Waals surface area contributed by atoms with Crippen LogP contribution in [-0.2, 0) is 4.79 Å². The molecule has 0 aliphatic heterocycles. The van der Waals surface area contributed by atoms with E-state index in [1.54, 1.807) is 54.2 Å². The van der Waals surface area contributed by atoms with E-state index in [4.69, 9.17) is 28.0 Å². The Morgan fingerprint density at radius 1 is 1.07 bits per heavy atom. The maximum Gasteiger partial charge on any atom is 0.170 e. The van der Waals surface area contributed by atoms with E-state index < -0.39 is 0 Å². The van der Waals surface area contributed by atoms with Crippen LogP contribution >= 0.6 is 23.2 Å². The molecule has 0 bridgehead atoms. The van der Waals surface area contributed by atoms with Crippen molar-refractivity contribution in [3.05, 3.63) is 58.3 Å². The fourth-order valence-corrected chi connectivity index (χ4v) is 2.62. The van der Waals surface area contributed by atoms with Gasteiger partial charge in [-0.1, -0.05) is 23.2 Å². The van der Waals surface area contributed by atoms with Gasteiger partial charge in [-0.3, -0.25) is 14.3 Å². The minimum atomic E-state index is 0.381. The highest BCUT2D eigenvalue weighted by Gasteiger charge is 2.21. The lowest BCUT2D eigenvalue weighted by Gasteiger charge is -2.10. The van der Waals surface area contributed by atoms with Crippen LogP contribution < -0.4 is 10.6 Å². The zero-order valence-electron chi connectivity index (χ0n) is 15.7. The molecule has 0 unspecified atom stereocenters. The number of aldehydes is 1. The van der Waals surface area contributed by atoms with Gasteiger partial charge in [0.05, 0.1) is 5.02 Å². The molecule has 28 heavy (non-hydrogen) atoms. The Bertz CT molecular complexity index is 898. The van der Waals surface area contributed by atoms with Gasteiger partial charge < -0.3 is 15.4 Å². The maximum atomic E-state index is 11.6. The maximum absolute atomic E-state index is 11.6. The number of hydrogen-bond donors (Lipinski definition) is 2. The zero-order valence-corrected chi connectivity index (χ0v) is 17.3. The number of pyridine rings is 1. The Kier molecular flexibility index (Phi) is 9.87. The van der Waals surface area contributed by atoms with Gasteiger partial charge in [-0.25, -0.2) is 4.98 Å². The predicted octanol–water partition coefficient (Wildman–Crippen LogP) is 3.75. The van der Waals surface area contributed by atoms with Gasteiger partial charge in [0, 0.05) is 24.0 Å². The summed E-state index contributed by atoms with van der Waals surface area (Å²) in [6, 6.07) is 10.6.